The highest BCUT2D eigenvalue weighted by Crippen LogP contribution is 2.23. The van der Waals surface area contributed by atoms with Crippen molar-refractivity contribution in [1.82, 2.24) is 0 Å². The zero-order chi connectivity index (χ0) is 13.0. The van der Waals surface area contributed by atoms with E-state index in [2.05, 4.69) is 80.3 Å². The van der Waals surface area contributed by atoms with Crippen LogP contribution in [-0.4, -0.2) is 8.07 Å². The number of rotatable bonds is 4. The van der Waals surface area contributed by atoms with Crippen molar-refractivity contribution in [2.24, 2.45) is 0 Å². The van der Waals surface area contributed by atoms with Crippen LogP contribution in [0.15, 0.2) is 67.2 Å². The van der Waals surface area contributed by atoms with E-state index in [-0.39, 0.29) is 0 Å². The van der Waals surface area contributed by atoms with Gasteiger partial charge in [-0.15, -0.1) is 0 Å². The smallest absolute Gasteiger partial charge is 0.0849 e. The minimum atomic E-state index is -1.42. The first-order chi connectivity index (χ1) is 8.59. The van der Waals surface area contributed by atoms with E-state index in [1.807, 2.05) is 0 Å². The lowest BCUT2D eigenvalue weighted by Crippen LogP contribution is -2.41. The Hall–Kier alpha value is -1.60. The molecule has 0 radical (unpaired) electrons. The summed E-state index contributed by atoms with van der Waals surface area (Å²) in [6.45, 7) is 9.10. The van der Waals surface area contributed by atoms with Crippen LogP contribution in [0.2, 0.25) is 19.1 Å². The Kier molecular flexibility index (Phi) is 3.83. The van der Waals surface area contributed by atoms with Crippen molar-refractivity contribution in [2.75, 3.05) is 0 Å². The lowest BCUT2D eigenvalue weighted by atomic mass is 10.1. The fourth-order valence-corrected chi connectivity index (χ4v) is 4.87. The van der Waals surface area contributed by atoms with Crippen molar-refractivity contribution in [3.05, 3.63) is 72.8 Å². The molecule has 0 aliphatic heterocycles. The molecule has 0 aromatic heterocycles. The summed E-state index contributed by atoms with van der Waals surface area (Å²) in [4.78, 5) is 0. The second-order valence-electron chi connectivity index (χ2n) is 5.40. The molecular formula is C17H20Si. The molecule has 0 bridgehead atoms. The molecule has 0 heterocycles. The highest BCUT2D eigenvalue weighted by molar-refractivity contribution is 6.90. The summed E-state index contributed by atoms with van der Waals surface area (Å²) in [6.07, 6.45) is 0. The van der Waals surface area contributed by atoms with Crippen LogP contribution in [0.3, 0.4) is 0 Å². The van der Waals surface area contributed by atoms with Gasteiger partial charge in [0, 0.05) is 0 Å². The predicted molar refractivity (Wildman–Crippen MR) is 83.8 cm³/mol. The topological polar surface area (TPSA) is 0 Å². The van der Waals surface area contributed by atoms with Gasteiger partial charge in [-0.1, -0.05) is 91.1 Å². The molecule has 0 atom stereocenters. The molecule has 0 aliphatic rings. The number of allylic oxidation sites excluding steroid dienone is 1. The van der Waals surface area contributed by atoms with Crippen molar-refractivity contribution in [1.29, 1.82) is 0 Å². The van der Waals surface area contributed by atoms with Gasteiger partial charge in [0.25, 0.3) is 0 Å². The molecule has 0 fully saturated rings. The monoisotopic (exact) mass is 252 g/mol. The number of hydrogen-bond donors (Lipinski definition) is 0. The van der Waals surface area contributed by atoms with E-state index >= 15 is 0 Å². The summed E-state index contributed by atoms with van der Waals surface area (Å²) < 4.78 is 0. The highest BCUT2D eigenvalue weighted by atomic mass is 28.3. The van der Waals surface area contributed by atoms with Crippen molar-refractivity contribution in [2.45, 2.75) is 19.1 Å². The molecule has 2 aromatic rings. The highest BCUT2D eigenvalue weighted by Gasteiger charge is 2.24. The lowest BCUT2D eigenvalue weighted by molar-refractivity contribution is 1.50. The zero-order valence-corrected chi connectivity index (χ0v) is 12.2. The van der Waals surface area contributed by atoms with Gasteiger partial charge in [0.15, 0.2) is 0 Å². The van der Waals surface area contributed by atoms with Crippen molar-refractivity contribution < 1.29 is 0 Å². The maximum atomic E-state index is 4.27. The first kappa shape index (κ1) is 12.8. The molecule has 0 amide bonds. The summed E-state index contributed by atoms with van der Waals surface area (Å²) in [5.74, 6) is 0. The van der Waals surface area contributed by atoms with Crippen LogP contribution in [0.25, 0.3) is 5.57 Å². The van der Waals surface area contributed by atoms with Crippen LogP contribution in [0.4, 0.5) is 0 Å². The van der Waals surface area contributed by atoms with Gasteiger partial charge >= 0.3 is 0 Å². The van der Waals surface area contributed by atoms with Crippen LogP contribution in [-0.2, 0) is 0 Å². The van der Waals surface area contributed by atoms with Crippen LogP contribution in [0, 0.1) is 0 Å². The first-order valence-corrected chi connectivity index (χ1v) is 9.59. The van der Waals surface area contributed by atoms with Gasteiger partial charge in [0.1, 0.15) is 0 Å². The molecule has 0 N–H and O–H groups in total. The van der Waals surface area contributed by atoms with Crippen LogP contribution in [0.1, 0.15) is 5.56 Å². The third-order valence-electron chi connectivity index (χ3n) is 3.39. The Morgan fingerprint density at radius 1 is 0.889 bits per heavy atom. The van der Waals surface area contributed by atoms with Gasteiger partial charge in [-0.3, -0.25) is 0 Å². The van der Waals surface area contributed by atoms with Gasteiger partial charge in [-0.05, 0) is 11.6 Å². The van der Waals surface area contributed by atoms with Crippen LogP contribution >= 0.6 is 0 Å². The minimum absolute atomic E-state index is 1.11. The lowest BCUT2D eigenvalue weighted by Gasteiger charge is -2.24. The van der Waals surface area contributed by atoms with E-state index in [0.717, 1.165) is 6.04 Å². The zero-order valence-electron chi connectivity index (χ0n) is 11.2. The molecule has 92 valence electrons. The molecule has 0 saturated carbocycles. The maximum absolute atomic E-state index is 4.27. The number of benzene rings is 2. The van der Waals surface area contributed by atoms with E-state index < -0.39 is 8.07 Å². The standard InChI is InChI=1S/C17H20Si/c1-15(16-10-6-4-7-11-16)14-18(2,3)17-12-8-5-9-13-17/h4-13H,1,14H2,2-3H3. The van der Waals surface area contributed by atoms with Crippen LogP contribution in [0.5, 0.6) is 0 Å². The van der Waals surface area contributed by atoms with E-state index in [1.165, 1.54) is 16.3 Å². The molecule has 2 aromatic carbocycles. The maximum Gasteiger partial charge on any atom is 0.0849 e. The van der Waals surface area contributed by atoms with Gasteiger partial charge in [-0.2, -0.15) is 0 Å². The SMILES string of the molecule is C=C(C[Si](C)(C)c1ccccc1)c1ccccc1. The average molecular weight is 252 g/mol. The predicted octanol–water partition coefficient (Wildman–Crippen LogP) is 4.32. The first-order valence-electron chi connectivity index (χ1n) is 6.38. The van der Waals surface area contributed by atoms with Crippen molar-refractivity contribution in [3.8, 4) is 0 Å². The number of hydrogen-bond acceptors (Lipinski definition) is 0. The van der Waals surface area contributed by atoms with Crippen LogP contribution < -0.4 is 5.19 Å². The Morgan fingerprint density at radius 3 is 1.94 bits per heavy atom. The molecule has 0 unspecified atom stereocenters. The molecule has 2 rings (SSSR count). The fourth-order valence-electron chi connectivity index (χ4n) is 2.30. The van der Waals surface area contributed by atoms with Crippen molar-refractivity contribution >= 4 is 18.8 Å². The van der Waals surface area contributed by atoms with Gasteiger partial charge in [0.05, 0.1) is 8.07 Å². The Balaban J connectivity index is 2.17. The molecule has 0 nitrogen and oxygen atoms in total. The summed E-state index contributed by atoms with van der Waals surface area (Å²) in [7, 11) is -1.42. The van der Waals surface area contributed by atoms with Gasteiger partial charge in [0.2, 0.25) is 0 Å². The van der Waals surface area contributed by atoms with Gasteiger partial charge < -0.3 is 0 Å². The quantitative estimate of drug-likeness (QED) is 0.711. The Morgan fingerprint density at radius 2 is 1.39 bits per heavy atom. The van der Waals surface area contributed by atoms with E-state index in [4.69, 9.17) is 0 Å². The third-order valence-corrected chi connectivity index (χ3v) is 6.60. The van der Waals surface area contributed by atoms with E-state index in [0.29, 0.717) is 0 Å². The van der Waals surface area contributed by atoms with E-state index in [9.17, 15) is 0 Å². The summed E-state index contributed by atoms with van der Waals surface area (Å²) in [5.41, 5.74) is 2.53. The average Bonchev–Trinajstić information content (AvgIpc) is 2.40. The largest absolute Gasteiger partial charge is 0.0955 e. The van der Waals surface area contributed by atoms with Gasteiger partial charge in [-0.25, -0.2) is 0 Å². The second kappa shape index (κ2) is 5.36. The molecule has 0 spiro atoms. The summed E-state index contributed by atoms with van der Waals surface area (Å²) in [6, 6.07) is 22.5. The minimum Gasteiger partial charge on any atom is -0.0955 e. The summed E-state index contributed by atoms with van der Waals surface area (Å²) in [5, 5.41) is 1.50. The Bertz CT molecular complexity index is 512. The second-order valence-corrected chi connectivity index (χ2v) is 10.1. The normalized spacial score (nSPS) is 11.2. The Labute approximate surface area is 111 Å². The van der Waals surface area contributed by atoms with E-state index in [1.54, 1.807) is 0 Å². The molecule has 1 heteroatoms. The molecule has 0 aliphatic carbocycles. The molecule has 0 saturated heterocycles. The summed E-state index contributed by atoms with van der Waals surface area (Å²) >= 11 is 0. The molecular weight excluding hydrogens is 232 g/mol. The molecule has 18 heavy (non-hydrogen) atoms. The van der Waals surface area contributed by atoms with Crippen molar-refractivity contribution in [3.63, 3.8) is 0 Å². The fraction of sp³-hybridized carbons (Fsp3) is 0.176. The third kappa shape index (κ3) is 2.99.